The van der Waals surface area contributed by atoms with Crippen LogP contribution in [0.2, 0.25) is 0 Å². The summed E-state index contributed by atoms with van der Waals surface area (Å²) in [5.41, 5.74) is 0.905. The Morgan fingerprint density at radius 1 is 1.47 bits per heavy atom. The minimum absolute atomic E-state index is 0.400. The van der Waals surface area contributed by atoms with Crippen molar-refractivity contribution < 1.29 is 9.26 Å². The third-order valence-corrected chi connectivity index (χ3v) is 2.58. The summed E-state index contributed by atoms with van der Waals surface area (Å²) in [6.07, 6.45) is 0. The molecule has 0 aliphatic heterocycles. The van der Waals surface area contributed by atoms with Crippen molar-refractivity contribution in [3.8, 4) is 11.4 Å². The number of halogens is 1. The monoisotopic (exact) mass is 297 g/mol. The fourth-order valence-corrected chi connectivity index (χ4v) is 1.70. The maximum Gasteiger partial charge on any atom is 0.321 e. The molecule has 1 aromatic heterocycles. The lowest BCUT2D eigenvalue weighted by atomic mass is 10.2. The molecule has 2 rings (SSSR count). The molecule has 0 radical (unpaired) electrons. The summed E-state index contributed by atoms with van der Waals surface area (Å²) >= 11 is 3.40. The molecule has 0 aliphatic rings. The van der Waals surface area contributed by atoms with E-state index in [1.807, 2.05) is 24.3 Å². The van der Waals surface area contributed by atoms with E-state index in [-0.39, 0.29) is 0 Å². The maximum atomic E-state index is 5.06. The van der Waals surface area contributed by atoms with Gasteiger partial charge in [0.05, 0.1) is 6.61 Å². The largest absolute Gasteiger partial charge is 0.383 e. The van der Waals surface area contributed by atoms with E-state index in [1.165, 1.54) is 0 Å². The number of aromatic nitrogens is 2. The average molecular weight is 298 g/mol. The summed E-state index contributed by atoms with van der Waals surface area (Å²) in [4.78, 5) is 4.23. The zero-order valence-electron chi connectivity index (χ0n) is 9.31. The molecule has 6 heteroatoms. The Balaban J connectivity index is 2.07. The van der Waals surface area contributed by atoms with E-state index in [9.17, 15) is 0 Å². The van der Waals surface area contributed by atoms with Crippen molar-refractivity contribution in [1.29, 1.82) is 0 Å². The molecule has 0 unspecified atom stereocenters. The molecule has 1 aromatic carbocycles. The number of nitrogens with one attached hydrogen (secondary N) is 1. The third kappa shape index (κ3) is 3.28. The minimum atomic E-state index is 0.400. The smallest absolute Gasteiger partial charge is 0.321 e. The van der Waals surface area contributed by atoms with Crippen molar-refractivity contribution in [2.45, 2.75) is 0 Å². The van der Waals surface area contributed by atoms with Gasteiger partial charge in [-0.15, -0.1) is 0 Å². The Hall–Kier alpha value is -1.40. The van der Waals surface area contributed by atoms with Gasteiger partial charge in [0.15, 0.2) is 0 Å². The van der Waals surface area contributed by atoms with Crippen LogP contribution in [0.5, 0.6) is 0 Å². The van der Waals surface area contributed by atoms with Gasteiger partial charge < -0.3 is 14.6 Å². The van der Waals surface area contributed by atoms with Crippen molar-refractivity contribution in [1.82, 2.24) is 10.1 Å². The van der Waals surface area contributed by atoms with E-state index in [2.05, 4.69) is 31.4 Å². The Bertz CT molecular complexity index is 487. The van der Waals surface area contributed by atoms with Gasteiger partial charge in [-0.3, -0.25) is 0 Å². The quantitative estimate of drug-likeness (QED) is 0.860. The van der Waals surface area contributed by atoms with E-state index in [1.54, 1.807) is 7.11 Å². The van der Waals surface area contributed by atoms with E-state index < -0.39 is 0 Å². The summed E-state index contributed by atoms with van der Waals surface area (Å²) in [5.74, 6) is 0.561. The van der Waals surface area contributed by atoms with Crippen LogP contribution in [-0.4, -0.2) is 30.4 Å². The number of nitrogens with zero attached hydrogens (tertiary/aromatic N) is 2. The van der Waals surface area contributed by atoms with Crippen molar-refractivity contribution in [2.24, 2.45) is 0 Å². The first-order valence-corrected chi connectivity index (χ1v) is 5.91. The van der Waals surface area contributed by atoms with Crippen LogP contribution in [0.1, 0.15) is 0 Å². The highest BCUT2D eigenvalue weighted by Crippen LogP contribution is 2.21. The Kier molecular flexibility index (Phi) is 4.11. The zero-order chi connectivity index (χ0) is 12.1. The van der Waals surface area contributed by atoms with Gasteiger partial charge in [0.2, 0.25) is 5.82 Å². The van der Waals surface area contributed by atoms with Crippen molar-refractivity contribution in [2.75, 3.05) is 25.6 Å². The molecule has 0 saturated heterocycles. The van der Waals surface area contributed by atoms with Crippen LogP contribution in [0, 0.1) is 0 Å². The van der Waals surface area contributed by atoms with Crippen molar-refractivity contribution in [3.05, 3.63) is 28.7 Å². The Morgan fingerprint density at radius 3 is 3.12 bits per heavy atom. The van der Waals surface area contributed by atoms with Gasteiger partial charge in [0, 0.05) is 23.7 Å². The Labute approximate surface area is 107 Å². The standard InChI is InChI=1S/C11H12BrN3O2/c1-16-6-5-13-11-14-10(15-17-11)8-3-2-4-9(12)7-8/h2-4,7H,5-6H2,1H3,(H,13,14,15). The fraction of sp³-hybridized carbons (Fsp3) is 0.273. The number of anilines is 1. The molecule has 0 saturated carbocycles. The van der Waals surface area contributed by atoms with Crippen molar-refractivity contribution >= 4 is 21.9 Å². The van der Waals surface area contributed by atoms with E-state index in [4.69, 9.17) is 9.26 Å². The summed E-state index contributed by atoms with van der Waals surface area (Å²) < 4.78 is 11.0. The molecule has 0 fully saturated rings. The van der Waals surface area contributed by atoms with E-state index in [0.29, 0.717) is 25.0 Å². The summed E-state index contributed by atoms with van der Waals surface area (Å²) in [6, 6.07) is 8.13. The molecular weight excluding hydrogens is 286 g/mol. The Morgan fingerprint density at radius 2 is 2.35 bits per heavy atom. The number of hydrogen-bond donors (Lipinski definition) is 1. The van der Waals surface area contributed by atoms with Crippen LogP contribution in [-0.2, 0) is 4.74 Å². The predicted octanol–water partition coefficient (Wildman–Crippen LogP) is 2.56. The highest BCUT2D eigenvalue weighted by Gasteiger charge is 2.07. The van der Waals surface area contributed by atoms with Crippen LogP contribution < -0.4 is 5.32 Å². The summed E-state index contributed by atoms with van der Waals surface area (Å²) in [7, 11) is 1.64. The lowest BCUT2D eigenvalue weighted by Crippen LogP contribution is -2.07. The van der Waals surface area contributed by atoms with Crippen molar-refractivity contribution in [3.63, 3.8) is 0 Å². The zero-order valence-corrected chi connectivity index (χ0v) is 10.9. The molecule has 1 heterocycles. The maximum absolute atomic E-state index is 5.06. The fourth-order valence-electron chi connectivity index (χ4n) is 1.30. The number of ether oxygens (including phenoxy) is 1. The number of rotatable bonds is 5. The molecule has 0 bridgehead atoms. The van der Waals surface area contributed by atoms with Gasteiger partial charge in [-0.05, 0) is 12.1 Å². The first-order valence-electron chi connectivity index (χ1n) is 5.12. The first kappa shape index (κ1) is 12.1. The molecule has 90 valence electrons. The molecule has 0 atom stereocenters. The van der Waals surface area contributed by atoms with Crippen LogP contribution in [0.4, 0.5) is 6.01 Å². The highest BCUT2D eigenvalue weighted by atomic mass is 79.9. The number of methoxy groups -OCH3 is 1. The third-order valence-electron chi connectivity index (χ3n) is 2.09. The summed E-state index contributed by atoms with van der Waals surface area (Å²) in [6.45, 7) is 1.23. The van der Waals surface area contributed by atoms with E-state index >= 15 is 0 Å². The van der Waals surface area contributed by atoms with Gasteiger partial charge in [0.25, 0.3) is 0 Å². The molecule has 2 aromatic rings. The number of benzene rings is 1. The molecule has 1 N–H and O–H groups in total. The molecule has 0 aliphatic carbocycles. The van der Waals surface area contributed by atoms with Gasteiger partial charge in [-0.25, -0.2) is 0 Å². The van der Waals surface area contributed by atoms with E-state index in [0.717, 1.165) is 10.0 Å². The van der Waals surface area contributed by atoms with Crippen LogP contribution in [0.3, 0.4) is 0 Å². The van der Waals surface area contributed by atoms with Gasteiger partial charge >= 0.3 is 6.01 Å². The van der Waals surface area contributed by atoms with Crippen LogP contribution in [0.15, 0.2) is 33.3 Å². The average Bonchev–Trinajstić information content (AvgIpc) is 2.78. The minimum Gasteiger partial charge on any atom is -0.383 e. The second kappa shape index (κ2) is 5.79. The van der Waals surface area contributed by atoms with Gasteiger partial charge in [-0.1, -0.05) is 33.2 Å². The van der Waals surface area contributed by atoms with Gasteiger partial charge in [0.1, 0.15) is 0 Å². The number of hydrogen-bond acceptors (Lipinski definition) is 5. The topological polar surface area (TPSA) is 60.2 Å². The SMILES string of the molecule is COCCNc1nc(-c2cccc(Br)c2)no1. The summed E-state index contributed by atoms with van der Waals surface area (Å²) in [5, 5.41) is 6.87. The first-order chi connectivity index (χ1) is 8.29. The lowest BCUT2D eigenvalue weighted by Gasteiger charge is -1.97. The normalized spacial score (nSPS) is 10.5. The second-order valence-electron chi connectivity index (χ2n) is 3.35. The molecule has 0 spiro atoms. The van der Waals surface area contributed by atoms with Crippen LogP contribution >= 0.6 is 15.9 Å². The van der Waals surface area contributed by atoms with Crippen LogP contribution in [0.25, 0.3) is 11.4 Å². The van der Waals surface area contributed by atoms with Gasteiger partial charge in [-0.2, -0.15) is 4.98 Å². The second-order valence-corrected chi connectivity index (χ2v) is 4.27. The predicted molar refractivity (Wildman–Crippen MR) is 67.8 cm³/mol. The molecular formula is C11H12BrN3O2. The molecule has 17 heavy (non-hydrogen) atoms. The molecule has 5 nitrogen and oxygen atoms in total. The molecule has 0 amide bonds. The lowest BCUT2D eigenvalue weighted by molar-refractivity contribution is 0.210. The highest BCUT2D eigenvalue weighted by molar-refractivity contribution is 9.10.